The first-order chi connectivity index (χ1) is 9.63. The maximum absolute atomic E-state index is 11.6. The Morgan fingerprint density at radius 2 is 2.05 bits per heavy atom. The molecule has 7 heteroatoms. The fraction of sp³-hybridized carbons (Fsp3) is 0.385. The Labute approximate surface area is 117 Å². The molecule has 1 aliphatic rings. The number of rotatable bonds is 3. The number of aromatic nitrogens is 1. The molecule has 20 heavy (non-hydrogen) atoms. The van der Waals surface area contributed by atoms with Gasteiger partial charge in [-0.05, 0) is 12.1 Å². The van der Waals surface area contributed by atoms with E-state index in [0.717, 1.165) is 18.9 Å². The van der Waals surface area contributed by atoms with Gasteiger partial charge in [-0.3, -0.25) is 0 Å². The van der Waals surface area contributed by atoms with E-state index in [2.05, 4.69) is 14.6 Å². The lowest BCUT2D eigenvalue weighted by atomic mass is 10.1. The lowest BCUT2D eigenvalue weighted by molar-refractivity contribution is -0.133. The van der Waals surface area contributed by atoms with E-state index in [0.29, 0.717) is 18.8 Å². The highest BCUT2D eigenvalue weighted by atomic mass is 16.5. The number of nitrogens with two attached hydrogens (primary N) is 2. The van der Waals surface area contributed by atoms with E-state index in [1.165, 1.54) is 7.11 Å². The normalized spacial score (nSPS) is 14.8. The van der Waals surface area contributed by atoms with Crippen LogP contribution in [0, 0.1) is 0 Å². The fourth-order valence-electron chi connectivity index (χ4n) is 2.02. The summed E-state index contributed by atoms with van der Waals surface area (Å²) >= 11 is 0. The van der Waals surface area contributed by atoms with Crippen LogP contribution >= 0.6 is 0 Å². The minimum Gasteiger partial charge on any atom is -0.465 e. The summed E-state index contributed by atoms with van der Waals surface area (Å²) in [6.07, 6.45) is 1.57. The summed E-state index contributed by atoms with van der Waals surface area (Å²) in [5, 5.41) is 0. The standard InChI is InChI=1S/C13H18N4O3/c1-19-13(18)11(12(14)15)9-2-3-10(16-8-9)17-4-6-20-7-5-17/h2-3,8H,4-7,14-15H2,1H3. The van der Waals surface area contributed by atoms with Crippen LogP contribution in [0.3, 0.4) is 0 Å². The fourth-order valence-corrected chi connectivity index (χ4v) is 2.02. The van der Waals surface area contributed by atoms with Crippen molar-refractivity contribution in [1.82, 2.24) is 4.98 Å². The maximum Gasteiger partial charge on any atom is 0.342 e. The van der Waals surface area contributed by atoms with E-state index < -0.39 is 5.97 Å². The maximum atomic E-state index is 11.6. The van der Waals surface area contributed by atoms with Crippen LogP contribution in [0.5, 0.6) is 0 Å². The Balaban J connectivity index is 2.22. The molecular weight excluding hydrogens is 260 g/mol. The Bertz CT molecular complexity index is 503. The SMILES string of the molecule is COC(=O)C(=C(N)N)c1ccc(N2CCOCC2)nc1. The Morgan fingerprint density at radius 3 is 2.55 bits per heavy atom. The molecule has 0 aliphatic carbocycles. The first-order valence-corrected chi connectivity index (χ1v) is 6.26. The molecular formula is C13H18N4O3. The second kappa shape index (κ2) is 6.25. The van der Waals surface area contributed by atoms with E-state index in [4.69, 9.17) is 16.2 Å². The van der Waals surface area contributed by atoms with Gasteiger partial charge in [-0.15, -0.1) is 0 Å². The van der Waals surface area contributed by atoms with Gasteiger partial charge in [-0.2, -0.15) is 0 Å². The average molecular weight is 278 g/mol. The quantitative estimate of drug-likeness (QED) is 0.576. The molecule has 4 N–H and O–H groups in total. The second-order valence-corrected chi connectivity index (χ2v) is 4.33. The van der Waals surface area contributed by atoms with E-state index in [9.17, 15) is 4.79 Å². The highest BCUT2D eigenvalue weighted by Crippen LogP contribution is 2.19. The molecule has 7 nitrogen and oxygen atoms in total. The number of ether oxygens (including phenoxy) is 2. The monoisotopic (exact) mass is 278 g/mol. The van der Waals surface area contributed by atoms with Gasteiger partial charge in [0.2, 0.25) is 0 Å². The highest BCUT2D eigenvalue weighted by molar-refractivity contribution is 6.17. The molecule has 0 atom stereocenters. The summed E-state index contributed by atoms with van der Waals surface area (Å²) in [4.78, 5) is 18.1. The topological polar surface area (TPSA) is 104 Å². The molecule has 1 aromatic rings. The molecule has 0 aromatic carbocycles. The molecule has 1 saturated heterocycles. The van der Waals surface area contributed by atoms with Crippen LogP contribution in [-0.4, -0.2) is 44.4 Å². The van der Waals surface area contributed by atoms with Gasteiger partial charge >= 0.3 is 5.97 Å². The van der Waals surface area contributed by atoms with Crippen molar-refractivity contribution in [2.75, 3.05) is 38.3 Å². The molecule has 0 saturated carbocycles. The van der Waals surface area contributed by atoms with Gasteiger partial charge in [0.1, 0.15) is 17.2 Å². The molecule has 1 aliphatic heterocycles. The third kappa shape index (κ3) is 3.00. The predicted octanol–water partition coefficient (Wildman–Crippen LogP) is -0.323. The Kier molecular flexibility index (Phi) is 4.41. The zero-order valence-corrected chi connectivity index (χ0v) is 11.3. The third-order valence-electron chi connectivity index (χ3n) is 3.05. The number of methoxy groups -OCH3 is 1. The molecule has 0 spiro atoms. The van der Waals surface area contributed by atoms with Crippen molar-refractivity contribution in [3.8, 4) is 0 Å². The van der Waals surface area contributed by atoms with Crippen LogP contribution in [0.2, 0.25) is 0 Å². The van der Waals surface area contributed by atoms with Crippen molar-refractivity contribution < 1.29 is 14.3 Å². The first kappa shape index (κ1) is 14.1. The number of nitrogens with zero attached hydrogens (tertiary/aromatic N) is 2. The molecule has 108 valence electrons. The van der Waals surface area contributed by atoms with Gasteiger partial charge < -0.3 is 25.8 Å². The van der Waals surface area contributed by atoms with Gasteiger partial charge in [0.25, 0.3) is 0 Å². The van der Waals surface area contributed by atoms with Crippen LogP contribution < -0.4 is 16.4 Å². The van der Waals surface area contributed by atoms with Crippen molar-refractivity contribution >= 4 is 17.4 Å². The molecule has 0 bridgehead atoms. The largest absolute Gasteiger partial charge is 0.465 e. The average Bonchev–Trinajstić information content (AvgIpc) is 2.48. The number of anilines is 1. The first-order valence-electron chi connectivity index (χ1n) is 6.26. The van der Waals surface area contributed by atoms with Gasteiger partial charge in [0.05, 0.1) is 20.3 Å². The lowest BCUT2D eigenvalue weighted by Crippen LogP contribution is -2.36. The number of hydrogen-bond donors (Lipinski definition) is 2. The molecule has 0 unspecified atom stereocenters. The molecule has 1 fully saturated rings. The van der Waals surface area contributed by atoms with Gasteiger partial charge in [-0.25, -0.2) is 9.78 Å². The summed E-state index contributed by atoms with van der Waals surface area (Å²) in [6, 6.07) is 3.58. The predicted molar refractivity (Wildman–Crippen MR) is 74.6 cm³/mol. The second-order valence-electron chi connectivity index (χ2n) is 4.33. The van der Waals surface area contributed by atoms with E-state index in [-0.39, 0.29) is 11.4 Å². The summed E-state index contributed by atoms with van der Waals surface area (Å²) in [6.45, 7) is 2.97. The summed E-state index contributed by atoms with van der Waals surface area (Å²) < 4.78 is 9.95. The van der Waals surface area contributed by atoms with Crippen molar-refractivity contribution in [3.05, 3.63) is 29.7 Å². The Hall–Kier alpha value is -2.28. The highest BCUT2D eigenvalue weighted by Gasteiger charge is 2.17. The van der Waals surface area contributed by atoms with Crippen molar-refractivity contribution in [1.29, 1.82) is 0 Å². The van der Waals surface area contributed by atoms with Gasteiger partial charge in [0.15, 0.2) is 0 Å². The van der Waals surface area contributed by atoms with Crippen LogP contribution in [0.1, 0.15) is 5.56 Å². The minimum atomic E-state index is -0.578. The van der Waals surface area contributed by atoms with Crippen LogP contribution in [0.4, 0.5) is 5.82 Å². The number of esters is 1. The van der Waals surface area contributed by atoms with E-state index >= 15 is 0 Å². The number of pyridine rings is 1. The number of hydrogen-bond acceptors (Lipinski definition) is 7. The molecule has 1 aromatic heterocycles. The summed E-state index contributed by atoms with van der Waals surface area (Å²) in [5.74, 6) is 0.167. The number of carbonyl (C=O) groups is 1. The lowest BCUT2D eigenvalue weighted by Gasteiger charge is -2.27. The van der Waals surface area contributed by atoms with Crippen LogP contribution in [0.25, 0.3) is 5.57 Å². The zero-order valence-electron chi connectivity index (χ0n) is 11.3. The summed E-state index contributed by atoms with van der Waals surface area (Å²) in [5.41, 5.74) is 11.7. The van der Waals surface area contributed by atoms with Crippen molar-refractivity contribution in [2.45, 2.75) is 0 Å². The Morgan fingerprint density at radius 1 is 1.35 bits per heavy atom. The molecule has 0 radical (unpaired) electrons. The molecule has 2 heterocycles. The minimum absolute atomic E-state index is 0.0854. The summed E-state index contributed by atoms with van der Waals surface area (Å²) in [7, 11) is 1.28. The third-order valence-corrected chi connectivity index (χ3v) is 3.05. The van der Waals surface area contributed by atoms with E-state index in [1.54, 1.807) is 12.3 Å². The molecule has 0 amide bonds. The van der Waals surface area contributed by atoms with Crippen molar-refractivity contribution in [2.24, 2.45) is 11.5 Å². The van der Waals surface area contributed by atoms with E-state index in [1.807, 2.05) is 6.07 Å². The van der Waals surface area contributed by atoms with Gasteiger partial charge in [-0.1, -0.05) is 0 Å². The van der Waals surface area contributed by atoms with Gasteiger partial charge in [0, 0.05) is 24.8 Å². The number of morpholine rings is 1. The molecule has 2 rings (SSSR count). The van der Waals surface area contributed by atoms with Crippen molar-refractivity contribution in [3.63, 3.8) is 0 Å². The smallest absolute Gasteiger partial charge is 0.342 e. The van der Waals surface area contributed by atoms with Crippen LogP contribution in [0.15, 0.2) is 24.2 Å². The number of carbonyl (C=O) groups excluding carboxylic acids is 1. The zero-order chi connectivity index (χ0) is 14.5. The van der Waals surface area contributed by atoms with Crippen LogP contribution in [-0.2, 0) is 14.3 Å².